The molecule has 110 valence electrons. The molecule has 1 aromatic carbocycles. The van der Waals surface area contributed by atoms with Crippen LogP contribution in [0.2, 0.25) is 0 Å². The van der Waals surface area contributed by atoms with E-state index in [1.807, 2.05) is 0 Å². The molecule has 20 heavy (non-hydrogen) atoms. The van der Waals surface area contributed by atoms with Crippen molar-refractivity contribution >= 4 is 10.0 Å². The second-order valence-corrected chi connectivity index (χ2v) is 6.53. The quantitative estimate of drug-likeness (QED) is 0.898. The summed E-state index contributed by atoms with van der Waals surface area (Å²) >= 11 is 0. The Morgan fingerprint density at radius 1 is 1.00 bits per heavy atom. The van der Waals surface area contributed by atoms with Gasteiger partial charge >= 0.3 is 0 Å². The van der Waals surface area contributed by atoms with Crippen molar-refractivity contribution in [1.82, 2.24) is 4.72 Å². The summed E-state index contributed by atoms with van der Waals surface area (Å²) in [5.41, 5.74) is 0. The second kappa shape index (κ2) is 5.59. The van der Waals surface area contributed by atoms with Gasteiger partial charge in [0, 0.05) is 25.3 Å². The van der Waals surface area contributed by atoms with Crippen LogP contribution in [0.5, 0.6) is 11.5 Å². The Labute approximate surface area is 118 Å². The summed E-state index contributed by atoms with van der Waals surface area (Å²) < 4.78 is 43.4. The Hall–Kier alpha value is -1.31. The van der Waals surface area contributed by atoms with Gasteiger partial charge in [0.15, 0.2) is 11.5 Å². The van der Waals surface area contributed by atoms with Crippen LogP contribution < -0.4 is 14.2 Å². The molecule has 3 rings (SSSR count). The molecule has 0 aliphatic carbocycles. The third-order valence-electron chi connectivity index (χ3n) is 3.37. The Morgan fingerprint density at radius 2 is 1.70 bits per heavy atom. The predicted octanol–water partition coefficient (Wildman–Crippen LogP) is 0.915. The minimum atomic E-state index is -3.53. The van der Waals surface area contributed by atoms with Crippen LogP contribution in [0, 0.1) is 0 Å². The highest BCUT2D eigenvalue weighted by Gasteiger charge is 2.24. The zero-order chi connectivity index (χ0) is 14.0. The maximum absolute atomic E-state index is 12.3. The number of sulfonamides is 1. The number of fused-ring (bicyclic) bond motifs is 1. The fourth-order valence-corrected chi connectivity index (χ4v) is 3.61. The van der Waals surface area contributed by atoms with Gasteiger partial charge in [-0.15, -0.1) is 0 Å². The van der Waals surface area contributed by atoms with E-state index in [1.165, 1.54) is 12.1 Å². The molecule has 0 unspecified atom stereocenters. The molecule has 0 bridgehead atoms. The van der Waals surface area contributed by atoms with E-state index in [2.05, 4.69) is 4.72 Å². The Morgan fingerprint density at radius 3 is 2.45 bits per heavy atom. The maximum Gasteiger partial charge on any atom is 0.240 e. The Bertz CT molecular complexity index is 580. The highest BCUT2D eigenvalue weighted by atomic mass is 32.2. The molecule has 0 aromatic heterocycles. The van der Waals surface area contributed by atoms with Gasteiger partial charge in [0.05, 0.1) is 4.90 Å². The smallest absolute Gasteiger partial charge is 0.240 e. The Balaban J connectivity index is 1.79. The number of hydrogen-bond acceptors (Lipinski definition) is 5. The van der Waals surface area contributed by atoms with Gasteiger partial charge in [0.25, 0.3) is 0 Å². The van der Waals surface area contributed by atoms with Crippen molar-refractivity contribution in [1.29, 1.82) is 0 Å². The number of benzene rings is 1. The van der Waals surface area contributed by atoms with Gasteiger partial charge in [-0.05, 0) is 25.0 Å². The fourth-order valence-electron chi connectivity index (χ4n) is 2.29. The van der Waals surface area contributed by atoms with Gasteiger partial charge in [-0.2, -0.15) is 0 Å². The molecule has 7 heteroatoms. The van der Waals surface area contributed by atoms with Gasteiger partial charge < -0.3 is 14.2 Å². The zero-order valence-electron chi connectivity index (χ0n) is 11.0. The van der Waals surface area contributed by atoms with Crippen LogP contribution in [0.25, 0.3) is 0 Å². The van der Waals surface area contributed by atoms with E-state index in [1.54, 1.807) is 6.07 Å². The number of nitrogens with one attached hydrogen (secondary N) is 1. The highest BCUT2D eigenvalue weighted by Crippen LogP contribution is 2.32. The van der Waals surface area contributed by atoms with E-state index in [4.69, 9.17) is 14.2 Å². The van der Waals surface area contributed by atoms with E-state index >= 15 is 0 Å². The largest absolute Gasteiger partial charge is 0.486 e. The van der Waals surface area contributed by atoms with E-state index in [9.17, 15) is 8.42 Å². The van der Waals surface area contributed by atoms with Crippen molar-refractivity contribution in [2.75, 3.05) is 26.4 Å². The van der Waals surface area contributed by atoms with Crippen molar-refractivity contribution in [2.24, 2.45) is 0 Å². The monoisotopic (exact) mass is 299 g/mol. The molecule has 1 saturated heterocycles. The van der Waals surface area contributed by atoms with E-state index in [0.29, 0.717) is 50.8 Å². The zero-order valence-corrected chi connectivity index (χ0v) is 11.8. The predicted molar refractivity (Wildman–Crippen MR) is 71.6 cm³/mol. The first-order chi connectivity index (χ1) is 9.65. The van der Waals surface area contributed by atoms with Crippen LogP contribution in [-0.2, 0) is 14.8 Å². The summed E-state index contributed by atoms with van der Waals surface area (Å²) in [7, 11) is -3.53. The van der Waals surface area contributed by atoms with Crippen LogP contribution >= 0.6 is 0 Å². The van der Waals surface area contributed by atoms with Crippen molar-refractivity contribution in [3.8, 4) is 11.5 Å². The van der Waals surface area contributed by atoms with Crippen LogP contribution in [0.1, 0.15) is 12.8 Å². The number of ether oxygens (including phenoxy) is 3. The lowest BCUT2D eigenvalue weighted by Gasteiger charge is -2.23. The summed E-state index contributed by atoms with van der Waals surface area (Å²) in [4.78, 5) is 0.202. The lowest BCUT2D eigenvalue weighted by Crippen LogP contribution is -2.38. The lowest BCUT2D eigenvalue weighted by molar-refractivity contribution is 0.0832. The van der Waals surface area contributed by atoms with Gasteiger partial charge in [-0.25, -0.2) is 13.1 Å². The minimum Gasteiger partial charge on any atom is -0.486 e. The topological polar surface area (TPSA) is 73.9 Å². The van der Waals surface area contributed by atoms with E-state index < -0.39 is 10.0 Å². The molecule has 6 nitrogen and oxygen atoms in total. The first-order valence-corrected chi connectivity index (χ1v) is 8.13. The molecule has 2 heterocycles. The van der Waals surface area contributed by atoms with Crippen molar-refractivity contribution in [3.05, 3.63) is 18.2 Å². The Kier molecular flexibility index (Phi) is 3.82. The van der Waals surface area contributed by atoms with Gasteiger partial charge in [-0.1, -0.05) is 0 Å². The molecule has 1 N–H and O–H groups in total. The summed E-state index contributed by atoms with van der Waals surface area (Å²) in [6, 6.07) is 4.61. The van der Waals surface area contributed by atoms with Gasteiger partial charge in [0.2, 0.25) is 10.0 Å². The summed E-state index contributed by atoms with van der Waals surface area (Å²) in [5.74, 6) is 1.06. The third-order valence-corrected chi connectivity index (χ3v) is 4.89. The normalized spacial score (nSPS) is 19.8. The van der Waals surface area contributed by atoms with Gasteiger partial charge in [0.1, 0.15) is 13.2 Å². The molecule has 0 radical (unpaired) electrons. The first-order valence-electron chi connectivity index (χ1n) is 6.65. The molecular formula is C13H17NO5S. The molecule has 0 atom stereocenters. The summed E-state index contributed by atoms with van der Waals surface area (Å²) in [5, 5.41) is 0. The maximum atomic E-state index is 12.3. The molecule has 1 aromatic rings. The molecular weight excluding hydrogens is 282 g/mol. The number of rotatable bonds is 3. The van der Waals surface area contributed by atoms with Crippen LogP contribution in [0.4, 0.5) is 0 Å². The number of hydrogen-bond donors (Lipinski definition) is 1. The second-order valence-electron chi connectivity index (χ2n) is 4.81. The first kappa shape index (κ1) is 13.7. The molecule has 2 aliphatic heterocycles. The highest BCUT2D eigenvalue weighted by molar-refractivity contribution is 7.89. The summed E-state index contributed by atoms with van der Waals surface area (Å²) in [6.45, 7) is 2.10. The van der Waals surface area contributed by atoms with E-state index in [0.717, 1.165) is 0 Å². The van der Waals surface area contributed by atoms with Crippen molar-refractivity contribution in [2.45, 2.75) is 23.8 Å². The average molecular weight is 299 g/mol. The third kappa shape index (κ3) is 2.89. The lowest BCUT2D eigenvalue weighted by atomic mass is 10.1. The van der Waals surface area contributed by atoms with Crippen LogP contribution in [0.3, 0.4) is 0 Å². The van der Waals surface area contributed by atoms with Crippen LogP contribution in [0.15, 0.2) is 23.1 Å². The molecule has 2 aliphatic rings. The molecule has 0 spiro atoms. The van der Waals surface area contributed by atoms with E-state index in [-0.39, 0.29) is 10.9 Å². The fraction of sp³-hybridized carbons (Fsp3) is 0.538. The minimum absolute atomic E-state index is 0.0676. The molecule has 0 amide bonds. The van der Waals surface area contributed by atoms with Crippen molar-refractivity contribution in [3.63, 3.8) is 0 Å². The molecule has 1 fully saturated rings. The SMILES string of the molecule is O=S(=O)(NC1CCOCC1)c1ccc2c(c1)OCCO2. The van der Waals surface area contributed by atoms with Crippen LogP contribution in [-0.4, -0.2) is 40.9 Å². The standard InChI is InChI=1S/C13H17NO5S/c15-20(16,14-10-3-5-17-6-4-10)11-1-2-12-13(9-11)19-8-7-18-12/h1-2,9-10,14H,3-8H2. The molecule has 0 saturated carbocycles. The average Bonchev–Trinajstić information content (AvgIpc) is 2.47. The summed E-state index contributed by atoms with van der Waals surface area (Å²) in [6.07, 6.45) is 1.40. The van der Waals surface area contributed by atoms with Gasteiger partial charge in [-0.3, -0.25) is 0 Å². The van der Waals surface area contributed by atoms with Crippen molar-refractivity contribution < 1.29 is 22.6 Å².